The number of nitrogens with one attached hydrogen (secondary N) is 1. The number of pyridine rings is 1. The summed E-state index contributed by atoms with van der Waals surface area (Å²) in [6, 6.07) is 13.7. The molecule has 3 heterocycles. The molecule has 0 unspecified atom stereocenters. The van der Waals surface area contributed by atoms with Crippen LogP contribution in [-0.4, -0.2) is 32.3 Å². The van der Waals surface area contributed by atoms with E-state index in [9.17, 15) is 4.79 Å². The summed E-state index contributed by atoms with van der Waals surface area (Å²) in [4.78, 5) is 27.3. The van der Waals surface area contributed by atoms with Gasteiger partial charge in [0.05, 0.1) is 17.6 Å². The van der Waals surface area contributed by atoms with Crippen molar-refractivity contribution in [3.05, 3.63) is 83.2 Å². The van der Waals surface area contributed by atoms with Gasteiger partial charge >= 0.3 is 0 Å². The van der Waals surface area contributed by atoms with E-state index in [1.807, 2.05) is 35.2 Å². The Morgan fingerprint density at radius 1 is 1.15 bits per heavy atom. The SMILES string of the molecule is CC(C)c1ccc(C(=O)N2CCc3[nH]cnc3[C@H]2c2ccccc2)cn1. The van der Waals surface area contributed by atoms with Crippen LogP contribution in [0.2, 0.25) is 0 Å². The van der Waals surface area contributed by atoms with Crippen LogP contribution in [-0.2, 0) is 6.42 Å². The first-order valence-corrected chi connectivity index (χ1v) is 8.99. The number of benzene rings is 1. The molecule has 3 aromatic rings. The Labute approximate surface area is 153 Å². The molecule has 1 aliphatic rings. The van der Waals surface area contributed by atoms with Crippen LogP contribution in [0.5, 0.6) is 0 Å². The molecule has 4 rings (SSSR count). The van der Waals surface area contributed by atoms with Crippen LogP contribution < -0.4 is 0 Å². The van der Waals surface area contributed by atoms with Gasteiger partial charge in [-0.25, -0.2) is 4.98 Å². The Morgan fingerprint density at radius 2 is 1.96 bits per heavy atom. The highest BCUT2D eigenvalue weighted by Gasteiger charge is 2.34. The van der Waals surface area contributed by atoms with Gasteiger partial charge in [-0.2, -0.15) is 0 Å². The Morgan fingerprint density at radius 3 is 2.65 bits per heavy atom. The Bertz CT molecular complexity index is 899. The van der Waals surface area contributed by atoms with E-state index < -0.39 is 0 Å². The van der Waals surface area contributed by atoms with Crippen LogP contribution in [0, 0.1) is 0 Å². The van der Waals surface area contributed by atoms with Gasteiger partial charge in [0.1, 0.15) is 6.04 Å². The number of aromatic nitrogens is 3. The molecular weight excluding hydrogens is 324 g/mol. The molecule has 0 saturated carbocycles. The number of nitrogens with zero attached hydrogens (tertiary/aromatic N) is 3. The summed E-state index contributed by atoms with van der Waals surface area (Å²) in [5.74, 6) is 0.341. The van der Waals surface area contributed by atoms with Crippen LogP contribution >= 0.6 is 0 Å². The van der Waals surface area contributed by atoms with E-state index in [0.29, 0.717) is 18.0 Å². The first-order chi connectivity index (χ1) is 12.6. The summed E-state index contributed by atoms with van der Waals surface area (Å²) in [6.07, 6.45) is 4.19. The molecule has 0 aliphatic carbocycles. The summed E-state index contributed by atoms with van der Waals surface area (Å²) in [7, 11) is 0. The number of carbonyl (C=O) groups is 1. The van der Waals surface area contributed by atoms with Crippen molar-refractivity contribution in [3.8, 4) is 0 Å². The van der Waals surface area contributed by atoms with Gasteiger partial charge in [-0.15, -0.1) is 0 Å². The minimum atomic E-state index is -0.177. The second-order valence-electron chi connectivity index (χ2n) is 6.95. The highest BCUT2D eigenvalue weighted by Crippen LogP contribution is 2.34. The minimum absolute atomic E-state index is 0.00434. The molecule has 0 bridgehead atoms. The number of carbonyl (C=O) groups excluding carboxylic acids is 1. The van der Waals surface area contributed by atoms with Gasteiger partial charge in [0, 0.05) is 30.6 Å². The lowest BCUT2D eigenvalue weighted by atomic mass is 9.95. The van der Waals surface area contributed by atoms with Gasteiger partial charge in [0.15, 0.2) is 0 Å². The maximum absolute atomic E-state index is 13.2. The summed E-state index contributed by atoms with van der Waals surface area (Å²) in [5, 5.41) is 0. The van der Waals surface area contributed by atoms with Crippen molar-refractivity contribution in [1.29, 1.82) is 0 Å². The molecule has 0 spiro atoms. The Hall–Kier alpha value is -2.95. The molecule has 1 aliphatic heterocycles. The van der Waals surface area contributed by atoms with E-state index in [-0.39, 0.29) is 11.9 Å². The molecule has 1 atom stereocenters. The minimum Gasteiger partial charge on any atom is -0.348 e. The zero-order valence-corrected chi connectivity index (χ0v) is 15.0. The lowest BCUT2D eigenvalue weighted by Crippen LogP contribution is -2.40. The normalized spacial score (nSPS) is 16.6. The first kappa shape index (κ1) is 16.5. The lowest BCUT2D eigenvalue weighted by Gasteiger charge is -2.35. The van der Waals surface area contributed by atoms with Crippen molar-refractivity contribution in [2.45, 2.75) is 32.2 Å². The summed E-state index contributed by atoms with van der Waals surface area (Å²) >= 11 is 0. The van der Waals surface area contributed by atoms with Crippen molar-refractivity contribution in [2.24, 2.45) is 0 Å². The van der Waals surface area contributed by atoms with Gasteiger partial charge in [0.2, 0.25) is 0 Å². The number of H-pyrrole nitrogens is 1. The standard InChI is InChI=1S/C21H22N4O/c1-14(2)17-9-8-16(12-22-17)21(26)25-11-10-18-19(24-13-23-18)20(25)15-6-4-3-5-7-15/h3-9,12-14,20H,10-11H2,1-2H3,(H,23,24)/t20-/m1/s1. The van der Waals surface area contributed by atoms with Gasteiger partial charge in [-0.05, 0) is 23.6 Å². The predicted molar refractivity (Wildman–Crippen MR) is 99.9 cm³/mol. The van der Waals surface area contributed by atoms with Crippen LogP contribution in [0.25, 0.3) is 0 Å². The quantitative estimate of drug-likeness (QED) is 0.786. The van der Waals surface area contributed by atoms with Crippen molar-refractivity contribution in [3.63, 3.8) is 0 Å². The molecule has 1 N–H and O–H groups in total. The van der Waals surface area contributed by atoms with E-state index in [4.69, 9.17) is 0 Å². The van der Waals surface area contributed by atoms with Crippen LogP contribution in [0.4, 0.5) is 0 Å². The zero-order chi connectivity index (χ0) is 18.1. The van der Waals surface area contributed by atoms with E-state index in [1.54, 1.807) is 12.5 Å². The average molecular weight is 346 g/mol. The van der Waals surface area contributed by atoms with Crippen molar-refractivity contribution in [1.82, 2.24) is 19.9 Å². The number of aromatic amines is 1. The second kappa shape index (κ2) is 6.75. The van der Waals surface area contributed by atoms with Gasteiger partial charge in [-0.3, -0.25) is 9.78 Å². The molecule has 2 aromatic heterocycles. The molecule has 0 saturated heterocycles. The van der Waals surface area contributed by atoms with Crippen LogP contribution in [0.1, 0.15) is 58.8 Å². The fourth-order valence-electron chi connectivity index (χ4n) is 3.51. The average Bonchev–Trinajstić information content (AvgIpc) is 3.16. The van der Waals surface area contributed by atoms with Crippen LogP contribution in [0.3, 0.4) is 0 Å². The molecule has 132 valence electrons. The van der Waals surface area contributed by atoms with E-state index in [0.717, 1.165) is 29.1 Å². The van der Waals surface area contributed by atoms with Crippen molar-refractivity contribution < 1.29 is 4.79 Å². The highest BCUT2D eigenvalue weighted by molar-refractivity contribution is 5.94. The number of fused-ring (bicyclic) bond motifs is 1. The van der Waals surface area contributed by atoms with Crippen molar-refractivity contribution in [2.75, 3.05) is 6.54 Å². The molecule has 5 nitrogen and oxygen atoms in total. The number of amides is 1. The molecule has 26 heavy (non-hydrogen) atoms. The molecular formula is C21H22N4O. The molecule has 1 aromatic carbocycles. The third-order valence-electron chi connectivity index (χ3n) is 4.93. The zero-order valence-electron chi connectivity index (χ0n) is 15.0. The Kier molecular flexibility index (Phi) is 4.29. The smallest absolute Gasteiger partial charge is 0.256 e. The fraction of sp³-hybridized carbons (Fsp3) is 0.286. The molecule has 1 amide bonds. The number of imidazole rings is 1. The summed E-state index contributed by atoms with van der Waals surface area (Å²) < 4.78 is 0. The Balaban J connectivity index is 1.71. The van der Waals surface area contributed by atoms with Gasteiger partial charge in [0.25, 0.3) is 5.91 Å². The van der Waals surface area contributed by atoms with Crippen LogP contribution in [0.15, 0.2) is 55.0 Å². The van der Waals surface area contributed by atoms with E-state index in [2.05, 4.69) is 40.9 Å². The lowest BCUT2D eigenvalue weighted by molar-refractivity contribution is 0.0690. The van der Waals surface area contributed by atoms with E-state index in [1.165, 1.54) is 0 Å². The maximum Gasteiger partial charge on any atom is 0.256 e. The number of hydrogen-bond donors (Lipinski definition) is 1. The number of rotatable bonds is 3. The van der Waals surface area contributed by atoms with Gasteiger partial charge < -0.3 is 9.88 Å². The maximum atomic E-state index is 13.2. The van der Waals surface area contributed by atoms with Crippen molar-refractivity contribution >= 4 is 5.91 Å². The van der Waals surface area contributed by atoms with Gasteiger partial charge in [-0.1, -0.05) is 44.2 Å². The largest absolute Gasteiger partial charge is 0.348 e. The molecule has 0 radical (unpaired) electrons. The molecule has 5 heteroatoms. The summed E-state index contributed by atoms with van der Waals surface area (Å²) in [5.41, 5.74) is 4.73. The predicted octanol–water partition coefficient (Wildman–Crippen LogP) is 3.72. The van der Waals surface area contributed by atoms with E-state index >= 15 is 0 Å². The third-order valence-corrected chi connectivity index (χ3v) is 4.93. The topological polar surface area (TPSA) is 61.9 Å². The highest BCUT2D eigenvalue weighted by atomic mass is 16.2. The number of hydrogen-bond acceptors (Lipinski definition) is 3. The fourth-order valence-corrected chi connectivity index (χ4v) is 3.51. The monoisotopic (exact) mass is 346 g/mol. The second-order valence-corrected chi connectivity index (χ2v) is 6.95. The summed E-state index contributed by atoms with van der Waals surface area (Å²) in [6.45, 7) is 4.84. The third kappa shape index (κ3) is 2.90. The molecule has 0 fully saturated rings. The first-order valence-electron chi connectivity index (χ1n) is 8.99.